The molecule has 0 saturated heterocycles. The van der Waals surface area contributed by atoms with E-state index in [-0.39, 0.29) is 11.7 Å². The molecule has 0 unspecified atom stereocenters. The van der Waals surface area contributed by atoms with Crippen LogP contribution in [0.4, 0.5) is 18.3 Å². The summed E-state index contributed by atoms with van der Waals surface area (Å²) in [5.74, 6) is -0.854. The molecule has 4 nitrogen and oxygen atoms in total. The first-order valence-corrected chi connectivity index (χ1v) is 7.25. The molecule has 0 aliphatic rings. The van der Waals surface area contributed by atoms with Crippen molar-refractivity contribution in [1.29, 1.82) is 0 Å². The van der Waals surface area contributed by atoms with Crippen LogP contribution in [0.25, 0.3) is 0 Å². The number of nitrogens with one attached hydrogen (secondary N) is 1. The second-order valence-corrected chi connectivity index (χ2v) is 5.89. The van der Waals surface area contributed by atoms with Gasteiger partial charge in [-0.05, 0) is 11.6 Å². The lowest BCUT2D eigenvalue weighted by molar-refractivity contribution is -0.141. The number of anilines is 1. The maximum atomic E-state index is 12.8. The first-order chi connectivity index (χ1) is 9.79. The van der Waals surface area contributed by atoms with Gasteiger partial charge in [-0.3, -0.25) is 4.79 Å². The van der Waals surface area contributed by atoms with Crippen molar-refractivity contribution in [2.75, 3.05) is 5.73 Å². The number of halogens is 4. The molecule has 0 bridgehead atoms. The number of rotatable bonds is 3. The summed E-state index contributed by atoms with van der Waals surface area (Å²) in [5, 5.41) is 2.13. The van der Waals surface area contributed by atoms with E-state index in [9.17, 15) is 18.0 Å². The number of alkyl halides is 3. The molecule has 2 rings (SSSR count). The summed E-state index contributed by atoms with van der Waals surface area (Å²) in [7, 11) is 0. The van der Waals surface area contributed by atoms with E-state index < -0.39 is 22.7 Å². The largest absolute Gasteiger partial charge is 0.435 e. The lowest BCUT2D eigenvalue weighted by Crippen LogP contribution is -2.25. The number of benzene rings is 1. The van der Waals surface area contributed by atoms with Crippen molar-refractivity contribution in [2.24, 2.45) is 0 Å². The van der Waals surface area contributed by atoms with Gasteiger partial charge in [0, 0.05) is 11.0 Å². The van der Waals surface area contributed by atoms with Gasteiger partial charge in [0.25, 0.3) is 5.91 Å². The van der Waals surface area contributed by atoms with Crippen molar-refractivity contribution >= 4 is 38.3 Å². The molecule has 1 aromatic heterocycles. The van der Waals surface area contributed by atoms with Crippen LogP contribution in [-0.4, -0.2) is 10.9 Å². The van der Waals surface area contributed by atoms with Crippen molar-refractivity contribution < 1.29 is 18.0 Å². The van der Waals surface area contributed by atoms with Gasteiger partial charge in [0.2, 0.25) is 0 Å². The normalized spacial score (nSPS) is 11.4. The maximum Gasteiger partial charge on any atom is 0.435 e. The highest BCUT2D eigenvalue weighted by molar-refractivity contribution is 9.10. The standard InChI is InChI=1S/C12H9BrF3N3OS/c13-7-4-2-1-3-6(7)5-18-10(20)8-9(12(14,15)16)19-11(17)21-8/h1-4H,5H2,(H2,17,19)(H,18,20). The van der Waals surface area contributed by atoms with Gasteiger partial charge in [0.05, 0.1) is 0 Å². The molecule has 0 fully saturated rings. The fraction of sp³-hybridized carbons (Fsp3) is 0.167. The molecule has 9 heteroatoms. The zero-order valence-electron chi connectivity index (χ0n) is 10.4. The number of aromatic nitrogens is 1. The van der Waals surface area contributed by atoms with Gasteiger partial charge in [-0.25, -0.2) is 4.98 Å². The third-order valence-electron chi connectivity index (χ3n) is 2.52. The molecular formula is C12H9BrF3N3OS. The van der Waals surface area contributed by atoms with Gasteiger partial charge >= 0.3 is 6.18 Å². The molecule has 21 heavy (non-hydrogen) atoms. The second-order valence-electron chi connectivity index (χ2n) is 4.00. The monoisotopic (exact) mass is 379 g/mol. The van der Waals surface area contributed by atoms with Crippen LogP contribution >= 0.6 is 27.3 Å². The maximum absolute atomic E-state index is 12.8. The first kappa shape index (κ1) is 15.8. The average molecular weight is 380 g/mol. The number of thiazole rings is 1. The fourth-order valence-electron chi connectivity index (χ4n) is 1.58. The van der Waals surface area contributed by atoms with Gasteiger partial charge in [0.15, 0.2) is 10.8 Å². The van der Waals surface area contributed by atoms with E-state index in [1.165, 1.54) is 0 Å². The van der Waals surface area contributed by atoms with E-state index in [0.717, 1.165) is 10.0 Å². The minimum atomic E-state index is -4.71. The quantitative estimate of drug-likeness (QED) is 0.858. The topological polar surface area (TPSA) is 68.0 Å². The van der Waals surface area contributed by atoms with Gasteiger partial charge in [-0.15, -0.1) is 0 Å². The predicted molar refractivity (Wildman–Crippen MR) is 76.8 cm³/mol. The molecule has 0 spiro atoms. The molecule has 0 radical (unpaired) electrons. The van der Waals surface area contributed by atoms with Crippen molar-refractivity contribution in [1.82, 2.24) is 10.3 Å². The smallest absolute Gasteiger partial charge is 0.375 e. The third kappa shape index (κ3) is 3.73. The predicted octanol–water partition coefficient (Wildman–Crippen LogP) is 3.44. The fourth-order valence-corrected chi connectivity index (χ4v) is 2.77. The Bertz CT molecular complexity index is 672. The van der Waals surface area contributed by atoms with Gasteiger partial charge < -0.3 is 11.1 Å². The van der Waals surface area contributed by atoms with E-state index in [1.54, 1.807) is 24.3 Å². The molecular weight excluding hydrogens is 371 g/mol. The molecule has 0 aliphatic carbocycles. The van der Waals surface area contributed by atoms with Crippen molar-refractivity contribution in [3.05, 3.63) is 44.9 Å². The Kier molecular flexibility index (Phi) is 4.52. The van der Waals surface area contributed by atoms with Crippen LogP contribution in [0, 0.1) is 0 Å². The third-order valence-corrected chi connectivity index (χ3v) is 4.17. The molecule has 0 atom stereocenters. The van der Waals surface area contributed by atoms with Gasteiger partial charge in [-0.1, -0.05) is 45.5 Å². The van der Waals surface area contributed by atoms with Crippen LogP contribution in [0.15, 0.2) is 28.7 Å². The van der Waals surface area contributed by atoms with Crippen LogP contribution in [0.3, 0.4) is 0 Å². The SMILES string of the molecule is Nc1nc(C(F)(F)F)c(C(=O)NCc2ccccc2Br)s1. The van der Waals surface area contributed by atoms with E-state index in [2.05, 4.69) is 26.2 Å². The first-order valence-electron chi connectivity index (χ1n) is 5.64. The lowest BCUT2D eigenvalue weighted by Gasteiger charge is -2.08. The van der Waals surface area contributed by atoms with Crippen LogP contribution < -0.4 is 11.1 Å². The Morgan fingerprint density at radius 3 is 2.67 bits per heavy atom. The van der Waals surface area contributed by atoms with E-state index in [0.29, 0.717) is 11.3 Å². The zero-order chi connectivity index (χ0) is 15.6. The summed E-state index contributed by atoms with van der Waals surface area (Å²) in [5.41, 5.74) is 4.76. The number of carbonyl (C=O) groups excluding carboxylic acids is 1. The molecule has 1 aromatic carbocycles. The summed E-state index contributed by atoms with van der Waals surface area (Å²) in [6.45, 7) is 0.0926. The summed E-state index contributed by atoms with van der Waals surface area (Å²) < 4.78 is 39.0. The Morgan fingerprint density at radius 2 is 2.05 bits per heavy atom. The van der Waals surface area contributed by atoms with Crippen LogP contribution in [-0.2, 0) is 12.7 Å². The molecule has 3 N–H and O–H groups in total. The Morgan fingerprint density at radius 1 is 1.38 bits per heavy atom. The molecule has 0 saturated carbocycles. The number of hydrogen-bond donors (Lipinski definition) is 2. The zero-order valence-corrected chi connectivity index (χ0v) is 12.8. The summed E-state index contributed by atoms with van der Waals surface area (Å²) >= 11 is 3.80. The van der Waals surface area contributed by atoms with E-state index in [1.807, 2.05) is 0 Å². The summed E-state index contributed by atoms with van der Waals surface area (Å²) in [6, 6.07) is 7.07. The molecule has 0 aliphatic heterocycles. The average Bonchev–Trinajstić information content (AvgIpc) is 2.80. The Hall–Kier alpha value is -1.61. The number of nitrogen functional groups attached to an aromatic ring is 1. The van der Waals surface area contributed by atoms with Crippen LogP contribution in [0.2, 0.25) is 0 Å². The highest BCUT2D eigenvalue weighted by atomic mass is 79.9. The van der Waals surface area contributed by atoms with Crippen molar-refractivity contribution in [3.63, 3.8) is 0 Å². The van der Waals surface area contributed by atoms with Crippen LogP contribution in [0.1, 0.15) is 20.9 Å². The highest BCUT2D eigenvalue weighted by Crippen LogP contribution is 2.35. The summed E-state index contributed by atoms with van der Waals surface area (Å²) in [6.07, 6.45) is -4.71. The minimum Gasteiger partial charge on any atom is -0.375 e. The number of nitrogens with zero attached hydrogens (tertiary/aromatic N) is 1. The summed E-state index contributed by atoms with van der Waals surface area (Å²) in [4.78, 5) is 14.5. The van der Waals surface area contributed by atoms with E-state index in [4.69, 9.17) is 5.73 Å². The molecule has 2 aromatic rings. The Balaban J connectivity index is 2.17. The second kappa shape index (κ2) is 6.02. The van der Waals surface area contributed by atoms with Crippen molar-refractivity contribution in [3.8, 4) is 0 Å². The molecule has 1 heterocycles. The minimum absolute atomic E-state index is 0.0926. The molecule has 112 valence electrons. The van der Waals surface area contributed by atoms with Crippen molar-refractivity contribution in [2.45, 2.75) is 12.7 Å². The van der Waals surface area contributed by atoms with Gasteiger partial charge in [0.1, 0.15) is 4.88 Å². The molecule has 1 amide bonds. The van der Waals surface area contributed by atoms with E-state index >= 15 is 0 Å². The number of carbonyl (C=O) groups is 1. The van der Waals surface area contributed by atoms with Gasteiger partial charge in [-0.2, -0.15) is 13.2 Å². The Labute approximate surface area is 130 Å². The number of amides is 1. The van der Waals surface area contributed by atoms with Crippen LogP contribution in [0.5, 0.6) is 0 Å². The highest BCUT2D eigenvalue weighted by Gasteiger charge is 2.39. The lowest BCUT2D eigenvalue weighted by atomic mass is 10.2. The number of nitrogens with two attached hydrogens (primary N) is 1. The number of hydrogen-bond acceptors (Lipinski definition) is 4.